The Kier molecular flexibility index (Phi) is 4.04. The van der Waals surface area contributed by atoms with Crippen molar-refractivity contribution < 1.29 is 9.53 Å². The molecule has 0 fully saturated rings. The van der Waals surface area contributed by atoms with Crippen LogP contribution in [0.4, 0.5) is 0 Å². The summed E-state index contributed by atoms with van der Waals surface area (Å²) in [5, 5.41) is 4.16. The lowest BCUT2D eigenvalue weighted by molar-refractivity contribution is 0.102. The molecule has 1 heterocycles. The summed E-state index contributed by atoms with van der Waals surface area (Å²) in [6.07, 6.45) is 1.64. The van der Waals surface area contributed by atoms with Crippen molar-refractivity contribution in [3.8, 4) is 5.75 Å². The van der Waals surface area contributed by atoms with Crippen LogP contribution in [0.2, 0.25) is 0 Å². The Hall–Kier alpha value is -1.62. The van der Waals surface area contributed by atoms with Gasteiger partial charge in [0.05, 0.1) is 23.3 Å². The Morgan fingerprint density at radius 1 is 1.47 bits per heavy atom. The largest absolute Gasteiger partial charge is 0.496 e. The van der Waals surface area contributed by atoms with Crippen LogP contribution in [-0.4, -0.2) is 22.7 Å². The molecular formula is C14H15BrN2O2. The monoisotopic (exact) mass is 322 g/mol. The number of ketones is 1. The van der Waals surface area contributed by atoms with Gasteiger partial charge >= 0.3 is 0 Å². The summed E-state index contributed by atoms with van der Waals surface area (Å²) in [4.78, 5) is 12.6. The van der Waals surface area contributed by atoms with Gasteiger partial charge in [0.1, 0.15) is 11.4 Å². The maximum atomic E-state index is 12.6. The van der Waals surface area contributed by atoms with Crippen LogP contribution in [0.25, 0.3) is 0 Å². The fraction of sp³-hybridized carbons (Fsp3) is 0.286. The van der Waals surface area contributed by atoms with Crippen LogP contribution in [0.5, 0.6) is 5.75 Å². The normalized spacial score (nSPS) is 10.5. The molecule has 0 spiro atoms. The zero-order valence-electron chi connectivity index (χ0n) is 11.1. The highest BCUT2D eigenvalue weighted by atomic mass is 79.9. The lowest BCUT2D eigenvalue weighted by Gasteiger charge is -2.10. The van der Waals surface area contributed by atoms with Gasteiger partial charge in [0.25, 0.3) is 0 Å². The molecule has 0 bridgehead atoms. The Bertz CT molecular complexity index is 620. The number of methoxy groups -OCH3 is 1. The van der Waals surface area contributed by atoms with E-state index >= 15 is 0 Å². The first-order valence-corrected chi connectivity index (χ1v) is 6.78. The van der Waals surface area contributed by atoms with E-state index < -0.39 is 0 Å². The molecule has 0 atom stereocenters. The lowest BCUT2D eigenvalue weighted by Crippen LogP contribution is -2.12. The second-order valence-corrected chi connectivity index (χ2v) is 5.04. The molecular weight excluding hydrogens is 308 g/mol. The molecule has 0 amide bonds. The summed E-state index contributed by atoms with van der Waals surface area (Å²) in [5.74, 6) is 0.490. The molecule has 0 aliphatic heterocycles. The van der Waals surface area contributed by atoms with Crippen LogP contribution in [0, 0.1) is 6.92 Å². The molecule has 0 aliphatic carbocycles. The van der Waals surface area contributed by atoms with Gasteiger partial charge in [-0.1, -0.05) is 6.07 Å². The molecule has 19 heavy (non-hydrogen) atoms. The molecule has 5 heteroatoms. The van der Waals surface area contributed by atoms with Gasteiger partial charge in [-0.25, -0.2) is 0 Å². The van der Waals surface area contributed by atoms with E-state index in [2.05, 4.69) is 21.0 Å². The third-order valence-corrected chi connectivity index (χ3v) is 3.49. The number of carbonyl (C=O) groups is 1. The Balaban J connectivity index is 2.53. The molecule has 0 saturated carbocycles. The summed E-state index contributed by atoms with van der Waals surface area (Å²) in [6.45, 7) is 4.55. The van der Waals surface area contributed by atoms with E-state index in [-0.39, 0.29) is 5.78 Å². The number of hydrogen-bond acceptors (Lipinski definition) is 3. The van der Waals surface area contributed by atoms with E-state index in [1.165, 1.54) is 0 Å². The fourth-order valence-electron chi connectivity index (χ4n) is 1.94. The minimum atomic E-state index is -0.0944. The van der Waals surface area contributed by atoms with E-state index in [0.29, 0.717) is 28.0 Å². The van der Waals surface area contributed by atoms with Crippen molar-refractivity contribution in [1.82, 2.24) is 9.78 Å². The fourth-order valence-corrected chi connectivity index (χ4v) is 2.42. The van der Waals surface area contributed by atoms with Gasteiger partial charge in [0, 0.05) is 6.54 Å². The van der Waals surface area contributed by atoms with E-state index in [1.807, 2.05) is 26.0 Å². The van der Waals surface area contributed by atoms with Crippen molar-refractivity contribution in [3.05, 3.63) is 45.7 Å². The molecule has 2 rings (SSSR count). The standard InChI is InChI=1S/C14H15BrN2O2/c1-4-17-13(11(15)8-16-17)14(18)10-6-5-9(2)7-12(10)19-3/h5-8H,4H2,1-3H3. The van der Waals surface area contributed by atoms with Crippen molar-refractivity contribution in [1.29, 1.82) is 0 Å². The molecule has 0 unspecified atom stereocenters. The Morgan fingerprint density at radius 3 is 2.84 bits per heavy atom. The third-order valence-electron chi connectivity index (χ3n) is 2.91. The molecule has 0 N–H and O–H groups in total. The van der Waals surface area contributed by atoms with Crippen LogP contribution in [0.3, 0.4) is 0 Å². The summed E-state index contributed by atoms with van der Waals surface area (Å²) < 4.78 is 7.66. The van der Waals surface area contributed by atoms with Crippen LogP contribution in [0.15, 0.2) is 28.9 Å². The number of nitrogens with zero attached hydrogens (tertiary/aromatic N) is 2. The predicted octanol–water partition coefficient (Wildman–Crippen LogP) is 3.21. The average Bonchev–Trinajstić information content (AvgIpc) is 2.78. The van der Waals surface area contributed by atoms with Gasteiger partial charge in [-0.3, -0.25) is 9.48 Å². The van der Waals surface area contributed by atoms with Gasteiger partial charge < -0.3 is 4.74 Å². The van der Waals surface area contributed by atoms with Gasteiger partial charge in [-0.2, -0.15) is 5.10 Å². The minimum Gasteiger partial charge on any atom is -0.496 e. The molecule has 1 aromatic heterocycles. The van der Waals surface area contributed by atoms with Crippen LogP contribution < -0.4 is 4.74 Å². The van der Waals surface area contributed by atoms with E-state index in [1.54, 1.807) is 24.1 Å². The Morgan fingerprint density at radius 2 is 2.21 bits per heavy atom. The first-order valence-electron chi connectivity index (χ1n) is 5.99. The molecule has 1 aromatic carbocycles. The summed E-state index contributed by atoms with van der Waals surface area (Å²) in [7, 11) is 1.57. The molecule has 100 valence electrons. The van der Waals surface area contributed by atoms with Gasteiger partial charge in [-0.15, -0.1) is 0 Å². The van der Waals surface area contributed by atoms with E-state index in [4.69, 9.17) is 4.74 Å². The Labute approximate surface area is 120 Å². The number of ether oxygens (including phenoxy) is 1. The third kappa shape index (κ3) is 2.56. The maximum Gasteiger partial charge on any atom is 0.215 e. The van der Waals surface area contributed by atoms with Crippen molar-refractivity contribution in [2.45, 2.75) is 20.4 Å². The van der Waals surface area contributed by atoms with Crippen molar-refractivity contribution in [2.75, 3.05) is 7.11 Å². The highest BCUT2D eigenvalue weighted by molar-refractivity contribution is 9.10. The van der Waals surface area contributed by atoms with Crippen molar-refractivity contribution in [3.63, 3.8) is 0 Å². The molecule has 4 nitrogen and oxygen atoms in total. The predicted molar refractivity (Wildman–Crippen MR) is 76.8 cm³/mol. The minimum absolute atomic E-state index is 0.0944. The number of aromatic nitrogens is 2. The number of rotatable bonds is 4. The summed E-state index contributed by atoms with van der Waals surface area (Å²) >= 11 is 3.37. The van der Waals surface area contributed by atoms with Crippen LogP contribution in [-0.2, 0) is 6.54 Å². The number of hydrogen-bond donors (Lipinski definition) is 0. The van der Waals surface area contributed by atoms with Crippen molar-refractivity contribution >= 4 is 21.7 Å². The van der Waals surface area contributed by atoms with E-state index in [9.17, 15) is 4.79 Å². The number of carbonyl (C=O) groups excluding carboxylic acids is 1. The first-order chi connectivity index (χ1) is 9.08. The highest BCUT2D eigenvalue weighted by Crippen LogP contribution is 2.26. The van der Waals surface area contributed by atoms with Crippen LogP contribution >= 0.6 is 15.9 Å². The topological polar surface area (TPSA) is 44.1 Å². The maximum absolute atomic E-state index is 12.6. The van der Waals surface area contributed by atoms with E-state index in [0.717, 1.165) is 5.56 Å². The molecule has 0 radical (unpaired) electrons. The average molecular weight is 323 g/mol. The smallest absolute Gasteiger partial charge is 0.215 e. The second kappa shape index (κ2) is 5.57. The van der Waals surface area contributed by atoms with Crippen molar-refractivity contribution in [2.24, 2.45) is 0 Å². The summed E-state index contributed by atoms with van der Waals surface area (Å²) in [5.41, 5.74) is 2.14. The second-order valence-electron chi connectivity index (χ2n) is 4.19. The zero-order chi connectivity index (χ0) is 14.0. The number of aryl methyl sites for hydroxylation is 2. The van der Waals surface area contributed by atoms with Crippen LogP contribution in [0.1, 0.15) is 28.5 Å². The molecule has 0 aliphatic rings. The van der Waals surface area contributed by atoms with Gasteiger partial charge in [0.2, 0.25) is 5.78 Å². The quantitative estimate of drug-likeness (QED) is 0.812. The first kappa shape index (κ1) is 13.8. The molecule has 0 saturated heterocycles. The molecule has 2 aromatic rings. The summed E-state index contributed by atoms with van der Waals surface area (Å²) in [6, 6.07) is 5.54. The number of halogens is 1. The highest BCUT2D eigenvalue weighted by Gasteiger charge is 2.21. The van der Waals surface area contributed by atoms with Gasteiger partial charge in [0.15, 0.2) is 0 Å². The van der Waals surface area contributed by atoms with Gasteiger partial charge in [-0.05, 0) is 47.5 Å². The lowest BCUT2D eigenvalue weighted by atomic mass is 10.0. The number of benzene rings is 1. The SMILES string of the molecule is CCn1ncc(Br)c1C(=O)c1ccc(C)cc1OC. The zero-order valence-corrected chi connectivity index (χ0v) is 12.7.